The van der Waals surface area contributed by atoms with E-state index in [-0.39, 0.29) is 85.0 Å². The number of aliphatic hydroxyl groups is 1. The number of carbonyl (C=O) groups is 7. The number of nitrogen functional groups attached to an aromatic ring is 1. The molecule has 4 N–H and O–H groups in total. The van der Waals surface area contributed by atoms with Crippen LogP contribution in [0, 0.1) is 93.9 Å². The third kappa shape index (κ3) is 27.1. The van der Waals surface area contributed by atoms with E-state index < -0.39 is 23.8 Å². The van der Waals surface area contributed by atoms with Gasteiger partial charge in [0.05, 0.1) is 128 Å². The first-order valence-electron chi connectivity index (χ1n) is 46.7. The van der Waals surface area contributed by atoms with E-state index >= 15 is 0 Å². The zero-order chi connectivity index (χ0) is 108. The number of aldehydes is 1. The van der Waals surface area contributed by atoms with Crippen molar-refractivity contribution in [1.82, 2.24) is 53.6 Å². The number of para-hydroxylation sites is 6. The minimum atomic E-state index is -0.539. The van der Waals surface area contributed by atoms with E-state index in [9.17, 15) is 53.1 Å². The molecule has 0 bridgehead atoms. The van der Waals surface area contributed by atoms with Crippen LogP contribution < -0.4 is 37.5 Å². The number of nitrogens with zero attached hydrogens (tertiary/aromatic N) is 16. The maximum Gasteiger partial charge on any atom is 0.355 e. The fourth-order valence-corrected chi connectivity index (χ4v) is 17.3. The molecule has 11 heterocycles. The lowest BCUT2D eigenvalue weighted by atomic mass is 10.0. The van der Waals surface area contributed by atoms with Gasteiger partial charge in [0.1, 0.15) is 40.3 Å². The summed E-state index contributed by atoms with van der Waals surface area (Å²) in [5.74, 6) is -1.91. The van der Waals surface area contributed by atoms with Crippen LogP contribution in [0.15, 0.2) is 276 Å². The van der Waals surface area contributed by atoms with Gasteiger partial charge in [-0.1, -0.05) is 138 Å². The van der Waals surface area contributed by atoms with E-state index in [1.807, 2.05) is 234 Å². The molecule has 10 aromatic heterocycles. The highest BCUT2D eigenvalue weighted by molar-refractivity contribution is 14.1. The smallest absolute Gasteiger partial charge is 0.355 e. The molecule has 0 spiro atoms. The molecule has 0 atom stereocenters. The summed E-state index contributed by atoms with van der Waals surface area (Å²) < 4.78 is 20.9. The van der Waals surface area contributed by atoms with Crippen molar-refractivity contribution in [1.29, 1.82) is 10.8 Å². The molecule has 3 amide bonds. The molecule has 17 rings (SSSR count). The van der Waals surface area contributed by atoms with Crippen LogP contribution in [0.4, 0.5) is 22.9 Å². The Bertz CT molecular complexity index is 7630. The summed E-state index contributed by atoms with van der Waals surface area (Å²) in [4.78, 5) is 166. The molecule has 0 fully saturated rings. The van der Waals surface area contributed by atoms with Crippen LogP contribution in [-0.4, -0.2) is 137 Å². The average molecular weight is 2170 g/mol. The number of pyridine rings is 9. The average Bonchev–Trinajstić information content (AvgIpc) is 0.995. The lowest BCUT2D eigenvalue weighted by Gasteiger charge is -2.25. The Balaban J connectivity index is 0.000000178. The Labute approximate surface area is 878 Å². The number of hydrogen-bond donors (Lipinski definition) is 3. The lowest BCUT2D eigenvalue weighted by molar-refractivity contribution is -0.142. The molecule has 1 aliphatic rings. The number of ether oxygens (including phenoxy) is 3. The summed E-state index contributed by atoms with van der Waals surface area (Å²) in [6, 6.07) is 61.4. The predicted octanol–water partition coefficient (Wildman–Crippen LogP) is 20.2. The number of rotatable bonds is 22. The Morgan fingerprint density at radius 3 is 1.23 bits per heavy atom. The number of nitrogens with two attached hydrogens (primary N) is 1. The van der Waals surface area contributed by atoms with Crippen molar-refractivity contribution in [3.05, 3.63) is 417 Å². The molecule has 0 saturated heterocycles. The van der Waals surface area contributed by atoms with Gasteiger partial charge in [0.15, 0.2) is 6.29 Å². The number of aliphatic hydroxyl groups excluding tert-OH is 1. The van der Waals surface area contributed by atoms with Crippen molar-refractivity contribution in [2.24, 2.45) is 4.99 Å². The van der Waals surface area contributed by atoms with Gasteiger partial charge in [0.25, 0.3) is 34.4 Å². The van der Waals surface area contributed by atoms with E-state index in [0.717, 1.165) is 104 Å². The number of anilines is 4. The van der Waals surface area contributed by atoms with E-state index in [2.05, 4.69) is 102 Å². The Morgan fingerprint density at radius 2 is 0.818 bits per heavy atom. The van der Waals surface area contributed by atoms with E-state index in [1.165, 1.54) is 26.9 Å². The maximum atomic E-state index is 13.3. The van der Waals surface area contributed by atoms with E-state index in [1.54, 1.807) is 122 Å². The fraction of sp³-hybridized carbons (Fsp3) is 0.202. The molecular weight excluding hydrogens is 2050 g/mol. The van der Waals surface area contributed by atoms with Crippen LogP contribution in [0.1, 0.15) is 174 Å². The van der Waals surface area contributed by atoms with Gasteiger partial charge in [-0.05, 0) is 296 Å². The number of aromatic nitrogens is 11. The number of hydrogen-bond acceptors (Lipinski definition) is 26. The summed E-state index contributed by atoms with van der Waals surface area (Å²) in [6.45, 7) is 36.0. The number of amides is 3. The second-order valence-corrected chi connectivity index (χ2v) is 35.0. The van der Waals surface area contributed by atoms with Crippen molar-refractivity contribution >= 4 is 152 Å². The number of nitrogens with one attached hydrogen (secondary N) is 1. The topological polar surface area (TPSA) is 441 Å². The molecule has 1 aliphatic heterocycles. The number of fused-ring (bicyclic) bond motifs is 4. The standard InChI is InChI=1S/C20H22N2O3.C19H20N2O4.C19H18N2O3.C17H15BrN2O.C17H16N2O2.C16H16N2O.C6H5IN4.N2/c1-5-16-19(15(4)11-12-21-16)20(24)22(13-18(23)25-6-2)17-10-8-7-9-14(17)3;1-4-25-17(23)11-21(16-8-6-5-7-13(16)2)19(24)18-14(3)9-10-20-15(18)12-22;1-4-24-19(23)16-11-14-17(13(3)9-10-20-14)18(22)21(16)15-8-6-5-7-12(15)2;1-11-5-3-4-6-15(11)20-13(10-18)9-14-16(17(20)21)12(2)7-8-19-14;1-11-5-3-4-6-15(11)19-13(10-20)9-14-16(17(19)21)12(2)7-8-18-14;1-4-13-15(12(3)9-10-17-13)16(19)18-14-8-6-5-7-11(14)2;7-5-4-3(1-9-5)10-2-11-6(4)8;1-2/h5,7-12H,1,6,13H2,2-4H3;5-10,12H,4,11H2,1-3H3;5-11H,4H2,1-3H3;3-9H,10H2,1-2H3;3-9,20H,10H2,1-2H3;4-10H,1H2,2-3H3,(H,18,19);2H,1H2,(H2,8,10,11);. The third-order valence-electron chi connectivity index (χ3n) is 23.5. The van der Waals surface area contributed by atoms with Gasteiger partial charge in [-0.25, -0.2) is 14.8 Å². The molecular formula is C114H112BrIN18O14. The maximum absolute atomic E-state index is 13.3. The van der Waals surface area contributed by atoms with E-state index in [0.29, 0.717) is 102 Å². The molecule has 32 nitrogen and oxygen atoms in total. The quantitative estimate of drug-likeness (QED) is 0.0142. The molecule has 0 radical (unpaired) electrons. The normalized spacial score (nSPS) is 10.7. The number of benzene rings is 6. The van der Waals surface area contributed by atoms with Crippen molar-refractivity contribution in [3.8, 4) is 17.1 Å². The van der Waals surface area contributed by atoms with Gasteiger partial charge < -0.3 is 30.4 Å². The number of carbonyl (C=O) groups excluding carboxylic acids is 7. The second kappa shape index (κ2) is 54.1. The molecule has 6 aromatic carbocycles. The number of alkyl halides is 1. The second-order valence-electron chi connectivity index (χ2n) is 33.4. The first-order chi connectivity index (χ1) is 71.2. The highest BCUT2D eigenvalue weighted by Crippen LogP contribution is 2.31. The highest BCUT2D eigenvalue weighted by Gasteiger charge is 2.30. The van der Waals surface area contributed by atoms with Gasteiger partial charge in [-0.15, -0.1) is 0 Å². The first kappa shape index (κ1) is 113. The summed E-state index contributed by atoms with van der Waals surface area (Å²) in [5.41, 5.74) is 27.9. The third-order valence-corrected chi connectivity index (χ3v) is 24.9. The predicted molar refractivity (Wildman–Crippen MR) is 590 cm³/mol. The SMILES string of the molecule is C=Cc1nccc(C)c1C(=O)N(CC(=O)OCC)c1ccccc1C.C=Cc1nccc(C)c1C(=O)Nc1ccccc1C.CCOC(=O)CN(C(=O)c1c(C)ccnc1C=O)c1ccccc1C.CCOC(=O)c1cc2nccc(C)c2c(=O)n1-c1ccccc1C.Cc1ccccc1-n1c(CBr)cc2nccc(C)c2c1=O.Cc1ccccc1-n1c(CO)cc2nccc(C)c2c1=O.N#N.Nc1ncnc2c1C(I)=NC2. The Hall–Kier alpha value is -17.0. The van der Waals surface area contributed by atoms with Gasteiger partial charge >= 0.3 is 17.9 Å². The fourth-order valence-electron chi connectivity index (χ4n) is 16.1. The minimum Gasteiger partial charge on any atom is -0.465 e. The Morgan fingerprint density at radius 1 is 0.453 bits per heavy atom. The molecule has 34 heteroatoms. The molecule has 16 aromatic rings. The summed E-state index contributed by atoms with van der Waals surface area (Å²) in [5, 5.41) is 26.9. The Kier molecular flexibility index (Phi) is 41.2. The highest BCUT2D eigenvalue weighted by atomic mass is 127. The van der Waals surface area contributed by atoms with Gasteiger partial charge in [0.2, 0.25) is 0 Å². The van der Waals surface area contributed by atoms with Crippen LogP contribution in [0.5, 0.6) is 0 Å². The summed E-state index contributed by atoms with van der Waals surface area (Å²) in [6.07, 6.45) is 15.0. The van der Waals surface area contributed by atoms with Crippen molar-refractivity contribution in [2.75, 3.05) is 53.8 Å². The summed E-state index contributed by atoms with van der Waals surface area (Å²) >= 11 is 5.62. The van der Waals surface area contributed by atoms with Gasteiger partial charge in [0, 0.05) is 76.1 Å². The minimum absolute atomic E-state index is 0.0122. The van der Waals surface area contributed by atoms with Crippen LogP contribution in [-0.2, 0) is 42.3 Å². The van der Waals surface area contributed by atoms with Crippen LogP contribution in [0.2, 0.25) is 0 Å². The van der Waals surface area contributed by atoms with Crippen LogP contribution in [0.25, 0.3) is 61.9 Å². The van der Waals surface area contributed by atoms with Gasteiger partial charge in [-0.3, -0.25) is 102 Å². The van der Waals surface area contributed by atoms with Gasteiger partial charge in [-0.2, -0.15) is 0 Å². The first-order valence-corrected chi connectivity index (χ1v) is 48.9. The summed E-state index contributed by atoms with van der Waals surface area (Å²) in [7, 11) is 0. The zero-order valence-corrected chi connectivity index (χ0v) is 88.4. The molecule has 0 unspecified atom stereocenters. The van der Waals surface area contributed by atoms with E-state index in [4.69, 9.17) is 30.7 Å². The van der Waals surface area contributed by atoms with Crippen molar-refractivity contribution < 1.29 is 52.9 Å². The molecule has 0 saturated carbocycles. The van der Waals surface area contributed by atoms with Crippen molar-refractivity contribution in [3.63, 3.8) is 0 Å². The molecule has 756 valence electrons. The lowest BCUT2D eigenvalue weighted by Crippen LogP contribution is -2.38. The number of halogens is 2. The van der Waals surface area contributed by atoms with Crippen LogP contribution in [0.3, 0.4) is 0 Å². The molecule has 0 aliphatic carbocycles. The monoisotopic (exact) mass is 2160 g/mol. The van der Waals surface area contributed by atoms with Crippen LogP contribution >= 0.6 is 38.5 Å². The largest absolute Gasteiger partial charge is 0.465 e. The zero-order valence-electron chi connectivity index (χ0n) is 84.6. The number of aliphatic imine (C=N–C) groups is 1. The number of esters is 3. The molecule has 148 heavy (non-hydrogen) atoms. The number of aryl methyl sites for hydroxylation is 12. The van der Waals surface area contributed by atoms with Crippen molar-refractivity contribution in [2.45, 2.75) is 122 Å².